The Morgan fingerprint density at radius 3 is 0.936 bits per heavy atom. The van der Waals surface area contributed by atoms with Crippen molar-refractivity contribution >= 4 is 8.80 Å². The Kier molecular flexibility index (Phi) is 37.3. The van der Waals surface area contributed by atoms with Gasteiger partial charge in [0, 0.05) is 6.55 Å². The van der Waals surface area contributed by atoms with Crippen molar-refractivity contribution < 1.29 is 41.7 Å². The maximum Gasteiger partial charge on any atom is 0.497 e. The smallest absolute Gasteiger partial charge is 0.377 e. The molecule has 0 N–H and O–H groups in total. The molecule has 0 aliphatic rings. The van der Waals surface area contributed by atoms with E-state index in [2.05, 4.69) is 38.0 Å². The Morgan fingerprint density at radius 1 is 0.362 bits per heavy atom. The van der Waals surface area contributed by atoms with Crippen molar-refractivity contribution in [3.63, 3.8) is 0 Å². The van der Waals surface area contributed by atoms with Crippen LogP contribution in [-0.2, 0) is 41.7 Å². The summed E-state index contributed by atoms with van der Waals surface area (Å²) in [5, 5.41) is 0. The quantitative estimate of drug-likeness (QED) is 0.0373. The van der Waals surface area contributed by atoms with Gasteiger partial charge in [-0.15, -0.1) is 19.7 Å². The topological polar surface area (TPSA) is 83.1 Å². The summed E-state index contributed by atoms with van der Waals surface area (Å²) in [6, 6.07) is 0. The van der Waals surface area contributed by atoms with Gasteiger partial charge in [-0.2, -0.15) is 0 Å². The molecule has 9 nitrogen and oxygen atoms in total. The van der Waals surface area contributed by atoms with E-state index in [1.165, 1.54) is 0 Å². The predicted octanol–water partition coefficient (Wildman–Crippen LogP) is 7.44. The van der Waals surface area contributed by atoms with Crippen LogP contribution in [0.25, 0.3) is 0 Å². The number of ether oxygens (including phenoxy) is 6. The van der Waals surface area contributed by atoms with E-state index in [-0.39, 0.29) is 0 Å². The Bertz CT molecular complexity index is 675. The van der Waals surface area contributed by atoms with E-state index < -0.39 is 8.80 Å². The zero-order chi connectivity index (χ0) is 34.2. The van der Waals surface area contributed by atoms with Crippen molar-refractivity contribution in [2.45, 2.75) is 64.3 Å². The van der Waals surface area contributed by atoms with E-state index in [0.717, 1.165) is 57.8 Å². The summed E-state index contributed by atoms with van der Waals surface area (Å²) < 4.78 is 51.9. The van der Waals surface area contributed by atoms with Crippen LogP contribution in [0.4, 0.5) is 0 Å². The van der Waals surface area contributed by atoms with E-state index in [1.807, 2.05) is 43.0 Å². The molecule has 0 bridgehead atoms. The van der Waals surface area contributed by atoms with Crippen molar-refractivity contribution in [3.05, 3.63) is 74.4 Å². The van der Waals surface area contributed by atoms with E-state index in [9.17, 15) is 0 Å². The van der Waals surface area contributed by atoms with Gasteiger partial charge in [0.25, 0.3) is 0 Å². The summed E-state index contributed by atoms with van der Waals surface area (Å²) in [7, 11) is -2.93. The fourth-order valence-corrected chi connectivity index (χ4v) is 5.41. The van der Waals surface area contributed by atoms with Gasteiger partial charge < -0.3 is 41.7 Å². The van der Waals surface area contributed by atoms with E-state index in [4.69, 9.17) is 41.7 Å². The van der Waals surface area contributed by atoms with Crippen molar-refractivity contribution in [2.24, 2.45) is 0 Å². The third-order valence-electron chi connectivity index (χ3n) is 6.37. The van der Waals surface area contributed by atoms with Gasteiger partial charge in [0.05, 0.1) is 99.1 Å². The first-order valence-electron chi connectivity index (χ1n) is 17.3. The number of hydrogen-bond acceptors (Lipinski definition) is 9. The van der Waals surface area contributed by atoms with Gasteiger partial charge >= 0.3 is 8.80 Å². The van der Waals surface area contributed by atoms with Crippen LogP contribution in [0.5, 0.6) is 0 Å². The minimum atomic E-state index is -2.93. The number of unbranched alkanes of at least 4 members (excludes halogenated alkanes) is 6. The van der Waals surface area contributed by atoms with E-state index in [0.29, 0.717) is 99.1 Å². The first kappa shape index (κ1) is 45.3. The molecule has 0 atom stereocenters. The fraction of sp³-hybridized carbons (Fsp3) is 0.676. The highest BCUT2D eigenvalue weighted by Crippen LogP contribution is 2.10. The number of hydrogen-bond donors (Lipinski definition) is 0. The largest absolute Gasteiger partial charge is 0.497 e. The molecule has 0 saturated heterocycles. The number of allylic oxidation sites excluding steroid dienone is 6. The lowest BCUT2D eigenvalue weighted by molar-refractivity contribution is -0.0107. The molecule has 0 saturated carbocycles. The Balaban J connectivity index is 4.19. The van der Waals surface area contributed by atoms with Gasteiger partial charge in [-0.05, 0) is 57.8 Å². The summed E-state index contributed by atoms with van der Waals surface area (Å²) in [5.41, 5.74) is 0. The summed E-state index contributed by atoms with van der Waals surface area (Å²) in [5.74, 6) is 0. The van der Waals surface area contributed by atoms with Crippen LogP contribution in [-0.4, -0.2) is 108 Å². The molecule has 0 spiro atoms. The molecule has 0 amide bonds. The molecule has 47 heavy (non-hydrogen) atoms. The Morgan fingerprint density at radius 2 is 0.638 bits per heavy atom. The van der Waals surface area contributed by atoms with Crippen molar-refractivity contribution in [1.29, 1.82) is 0 Å². The van der Waals surface area contributed by atoms with E-state index in [1.54, 1.807) is 0 Å². The van der Waals surface area contributed by atoms with Gasteiger partial charge in [-0.1, -0.05) is 54.7 Å². The molecule has 0 unspecified atom stereocenters. The molecular formula is C37H66O9Si. The van der Waals surface area contributed by atoms with Crippen LogP contribution in [0, 0.1) is 0 Å². The first-order valence-corrected chi connectivity index (χ1v) is 19.6. The molecule has 272 valence electrons. The maximum atomic E-state index is 6.06. The van der Waals surface area contributed by atoms with Gasteiger partial charge in [-0.3, -0.25) is 0 Å². The van der Waals surface area contributed by atoms with E-state index >= 15 is 0 Å². The second-order valence-electron chi connectivity index (χ2n) is 10.5. The fourth-order valence-electron chi connectivity index (χ4n) is 3.79. The molecule has 0 aliphatic heterocycles. The molecule has 0 aromatic heterocycles. The molecule has 0 fully saturated rings. The minimum Gasteiger partial charge on any atom is -0.377 e. The third kappa shape index (κ3) is 37.0. The molecule has 0 aromatic rings. The second-order valence-corrected chi connectivity index (χ2v) is 13.1. The monoisotopic (exact) mass is 682 g/mol. The Hall–Kier alpha value is -1.70. The predicted molar refractivity (Wildman–Crippen MR) is 194 cm³/mol. The van der Waals surface area contributed by atoms with Gasteiger partial charge in [0.1, 0.15) is 0 Å². The van der Waals surface area contributed by atoms with Crippen LogP contribution < -0.4 is 0 Å². The molecule has 0 aliphatic carbocycles. The van der Waals surface area contributed by atoms with Crippen molar-refractivity contribution in [2.75, 3.05) is 99.1 Å². The molecule has 0 heterocycles. The van der Waals surface area contributed by atoms with Crippen LogP contribution >= 0.6 is 0 Å². The molecule has 0 aromatic carbocycles. The average molecular weight is 683 g/mol. The lowest BCUT2D eigenvalue weighted by Gasteiger charge is -2.26. The van der Waals surface area contributed by atoms with Gasteiger partial charge in [0.15, 0.2) is 0 Å². The second kappa shape index (κ2) is 38.7. The normalized spacial score (nSPS) is 13.2. The average Bonchev–Trinajstić information content (AvgIpc) is 3.07. The highest BCUT2D eigenvalue weighted by atomic mass is 28.4. The third-order valence-corrected chi connectivity index (χ3v) is 8.56. The summed E-state index contributed by atoms with van der Waals surface area (Å²) >= 11 is 0. The van der Waals surface area contributed by atoms with Crippen LogP contribution in [0.1, 0.15) is 57.8 Å². The Labute approximate surface area is 288 Å². The van der Waals surface area contributed by atoms with Crippen molar-refractivity contribution in [3.8, 4) is 0 Å². The summed E-state index contributed by atoms with van der Waals surface area (Å²) in [6.07, 6.45) is 28.0. The van der Waals surface area contributed by atoms with Gasteiger partial charge in [-0.25, -0.2) is 0 Å². The molecule has 10 heteroatoms. The summed E-state index contributed by atoms with van der Waals surface area (Å²) in [6.45, 7) is 20.2. The maximum absolute atomic E-state index is 6.06. The summed E-state index contributed by atoms with van der Waals surface area (Å²) in [4.78, 5) is 0. The van der Waals surface area contributed by atoms with Crippen LogP contribution in [0.3, 0.4) is 0 Å². The van der Waals surface area contributed by atoms with Crippen molar-refractivity contribution in [1.82, 2.24) is 0 Å². The van der Waals surface area contributed by atoms with Gasteiger partial charge in [0.2, 0.25) is 0 Å². The SMILES string of the molecule is C=CCCCC=CCOCCOCCO[Si](C)(OCCOCCOCC=CCCCC=C)OCCOCCOCC=CCCCC=C. The first-order chi connectivity index (χ1) is 23.2. The lowest BCUT2D eigenvalue weighted by Crippen LogP contribution is -2.45. The lowest BCUT2D eigenvalue weighted by atomic mass is 10.2. The zero-order valence-corrected chi connectivity index (χ0v) is 30.5. The van der Waals surface area contributed by atoms with Crippen LogP contribution in [0.2, 0.25) is 6.55 Å². The molecule has 0 radical (unpaired) electrons. The zero-order valence-electron chi connectivity index (χ0n) is 29.5. The number of rotatable bonds is 39. The highest BCUT2D eigenvalue weighted by Gasteiger charge is 2.34. The highest BCUT2D eigenvalue weighted by molar-refractivity contribution is 6.59. The van der Waals surface area contributed by atoms with Crippen LogP contribution in [0.15, 0.2) is 74.4 Å². The molecule has 0 rings (SSSR count). The minimum absolute atomic E-state index is 0.359. The molecular weight excluding hydrogens is 616 g/mol. The standard InChI is InChI=1S/C37H66O9Si/c1-5-8-11-14-17-20-23-38-26-29-41-32-35-44-47(4,45-36-33-42-30-27-39-24-21-18-15-12-9-6-2)46-37-34-43-31-28-40-25-22-19-16-13-10-7-3/h5-7,17-22H,1-3,8-16,23-37H2,4H3.